The number of nitrogens with one attached hydrogen (secondary N) is 1. The Morgan fingerprint density at radius 2 is 1.75 bits per heavy atom. The summed E-state index contributed by atoms with van der Waals surface area (Å²) in [7, 11) is 1.55. The highest BCUT2D eigenvalue weighted by Crippen LogP contribution is 2.29. The Balaban J connectivity index is 1.68. The highest BCUT2D eigenvalue weighted by atomic mass is 16.6. The van der Waals surface area contributed by atoms with Crippen LogP contribution in [0.1, 0.15) is 45.0 Å². The van der Waals surface area contributed by atoms with Crippen LogP contribution in [-0.4, -0.2) is 68.1 Å². The van der Waals surface area contributed by atoms with Crippen LogP contribution in [0.25, 0.3) is 0 Å². The number of carbonyl (C=O) groups is 2. The summed E-state index contributed by atoms with van der Waals surface area (Å²) in [5.41, 5.74) is 9.10. The van der Waals surface area contributed by atoms with E-state index in [1.165, 1.54) is 0 Å². The minimum Gasteiger partial charge on any atom is -0.460 e. The number of nitrogen functional groups attached to an aromatic ring is 1. The van der Waals surface area contributed by atoms with E-state index in [1.54, 1.807) is 25.3 Å². The van der Waals surface area contributed by atoms with E-state index in [0.29, 0.717) is 36.6 Å². The third-order valence-electron chi connectivity index (χ3n) is 5.82. The monoisotopic (exact) mass is 498 g/mol. The van der Waals surface area contributed by atoms with Gasteiger partial charge in [-0.3, -0.25) is 4.90 Å². The number of amides is 1. The first-order valence-electron chi connectivity index (χ1n) is 12.2. The van der Waals surface area contributed by atoms with Crippen molar-refractivity contribution >= 4 is 34.8 Å². The van der Waals surface area contributed by atoms with Crippen LogP contribution < -0.4 is 16.0 Å². The summed E-state index contributed by atoms with van der Waals surface area (Å²) in [5, 5.41) is 3.34. The number of methoxy groups -OCH3 is 1. The second-order valence-corrected chi connectivity index (χ2v) is 10.1. The number of carbonyl (C=O) groups excluding carboxylic acids is 2. The van der Waals surface area contributed by atoms with Crippen LogP contribution >= 0.6 is 0 Å². The molecule has 196 valence electrons. The van der Waals surface area contributed by atoms with E-state index in [2.05, 4.69) is 22.3 Å². The Hall–Kier alpha value is -3.46. The first-order chi connectivity index (χ1) is 17.0. The normalized spacial score (nSPS) is 18.1. The van der Waals surface area contributed by atoms with Crippen LogP contribution in [-0.2, 0) is 14.2 Å². The Morgan fingerprint density at radius 3 is 2.36 bits per heavy atom. The molecule has 0 aromatic heterocycles. The molecule has 0 radical (unpaired) electrons. The van der Waals surface area contributed by atoms with Gasteiger partial charge < -0.3 is 30.2 Å². The van der Waals surface area contributed by atoms with E-state index in [0.717, 1.165) is 11.4 Å². The van der Waals surface area contributed by atoms with Gasteiger partial charge in [-0.1, -0.05) is 6.07 Å². The molecule has 3 rings (SSSR count). The molecule has 2 unspecified atom stereocenters. The van der Waals surface area contributed by atoms with Gasteiger partial charge in [-0.15, -0.1) is 0 Å². The fourth-order valence-corrected chi connectivity index (χ4v) is 4.25. The highest BCUT2D eigenvalue weighted by molar-refractivity contribution is 5.92. The maximum absolute atomic E-state index is 12.7. The van der Waals surface area contributed by atoms with Gasteiger partial charge in [-0.25, -0.2) is 9.59 Å². The minimum atomic E-state index is -0.530. The van der Waals surface area contributed by atoms with E-state index in [-0.39, 0.29) is 24.8 Å². The first kappa shape index (κ1) is 27.1. The maximum atomic E-state index is 12.7. The van der Waals surface area contributed by atoms with Crippen LogP contribution in [0.2, 0.25) is 0 Å². The lowest BCUT2D eigenvalue weighted by atomic mass is 10.1. The van der Waals surface area contributed by atoms with Gasteiger partial charge in [0, 0.05) is 31.6 Å². The van der Waals surface area contributed by atoms with Crippen LogP contribution in [0.3, 0.4) is 0 Å². The summed E-state index contributed by atoms with van der Waals surface area (Å²) in [5.74, 6) is -0.443. The molecule has 0 saturated carbocycles. The van der Waals surface area contributed by atoms with Crippen LogP contribution in [0.5, 0.6) is 0 Å². The van der Waals surface area contributed by atoms with E-state index in [9.17, 15) is 9.59 Å². The summed E-state index contributed by atoms with van der Waals surface area (Å²) in [6.45, 7) is 11.6. The Morgan fingerprint density at radius 1 is 1.06 bits per heavy atom. The van der Waals surface area contributed by atoms with E-state index >= 15 is 0 Å². The molecule has 1 aliphatic heterocycles. The summed E-state index contributed by atoms with van der Waals surface area (Å²) in [6.07, 6.45) is -0.279. The average Bonchev–Trinajstić information content (AvgIpc) is 2.79. The van der Waals surface area contributed by atoms with Gasteiger partial charge in [0.25, 0.3) is 0 Å². The Bertz CT molecular complexity index is 1060. The van der Waals surface area contributed by atoms with Crippen molar-refractivity contribution in [3.63, 3.8) is 0 Å². The molecule has 1 heterocycles. The minimum absolute atomic E-state index is 0.00736. The molecule has 9 nitrogen and oxygen atoms in total. The molecule has 0 spiro atoms. The lowest BCUT2D eigenvalue weighted by Gasteiger charge is -2.45. The van der Waals surface area contributed by atoms with Gasteiger partial charge in [-0.2, -0.15) is 0 Å². The van der Waals surface area contributed by atoms with Crippen molar-refractivity contribution < 1.29 is 23.8 Å². The zero-order valence-corrected chi connectivity index (χ0v) is 22.0. The Kier molecular flexibility index (Phi) is 8.68. The van der Waals surface area contributed by atoms with Crippen molar-refractivity contribution in [2.45, 2.75) is 52.3 Å². The molecule has 1 aliphatic rings. The SMILES string of the molecule is COCCOC(=O)c1ccc(Nc2cccc(N3CC(C)N(C(=O)OC(C)(C)C)C(C)C3)c2)c(N)c1. The zero-order valence-electron chi connectivity index (χ0n) is 22.0. The number of piperazine rings is 1. The Labute approximate surface area is 213 Å². The first-order valence-corrected chi connectivity index (χ1v) is 12.2. The highest BCUT2D eigenvalue weighted by Gasteiger charge is 2.35. The number of nitrogens with two attached hydrogens (primary N) is 1. The summed E-state index contributed by atoms with van der Waals surface area (Å²) < 4.78 is 15.7. The van der Waals surface area contributed by atoms with Crippen molar-refractivity contribution in [2.24, 2.45) is 0 Å². The molecule has 1 amide bonds. The second-order valence-electron chi connectivity index (χ2n) is 10.1. The second kappa shape index (κ2) is 11.5. The largest absolute Gasteiger partial charge is 0.460 e. The van der Waals surface area contributed by atoms with E-state index in [4.69, 9.17) is 19.9 Å². The molecular formula is C27H38N4O5. The third kappa shape index (κ3) is 7.04. The number of benzene rings is 2. The molecule has 0 bridgehead atoms. The molecule has 36 heavy (non-hydrogen) atoms. The lowest BCUT2D eigenvalue weighted by Crippen LogP contribution is -2.59. The molecular weight excluding hydrogens is 460 g/mol. The molecule has 2 aromatic rings. The van der Waals surface area contributed by atoms with Crippen LogP contribution in [0.15, 0.2) is 42.5 Å². The standard InChI is InChI=1S/C27H38N4O5/c1-18-16-30(17-19(2)31(18)26(33)36-27(3,4)5)22-9-7-8-21(15-22)29-24-11-10-20(14-23(24)28)25(32)35-13-12-34-6/h7-11,14-15,18-19,29H,12-13,16-17,28H2,1-6H3. The van der Waals surface area contributed by atoms with Gasteiger partial charge >= 0.3 is 12.1 Å². The number of hydrogen-bond donors (Lipinski definition) is 2. The summed E-state index contributed by atoms with van der Waals surface area (Å²) in [6, 6.07) is 13.1. The third-order valence-corrected chi connectivity index (χ3v) is 5.82. The van der Waals surface area contributed by atoms with Gasteiger partial charge in [0.05, 0.1) is 35.6 Å². The van der Waals surface area contributed by atoms with Crippen molar-refractivity contribution in [3.05, 3.63) is 48.0 Å². The van der Waals surface area contributed by atoms with E-state index in [1.807, 2.05) is 51.7 Å². The van der Waals surface area contributed by atoms with Gasteiger partial charge in [-0.05, 0) is 71.0 Å². The van der Waals surface area contributed by atoms with E-state index < -0.39 is 11.6 Å². The number of esters is 1. The number of nitrogens with zero attached hydrogens (tertiary/aromatic N) is 2. The van der Waals surface area contributed by atoms with Crippen molar-refractivity contribution in [1.29, 1.82) is 0 Å². The molecule has 9 heteroatoms. The van der Waals surface area contributed by atoms with Crippen molar-refractivity contribution in [1.82, 2.24) is 4.90 Å². The quantitative estimate of drug-likeness (QED) is 0.323. The molecule has 2 atom stereocenters. The lowest BCUT2D eigenvalue weighted by molar-refractivity contribution is 0.00563. The molecule has 1 saturated heterocycles. The molecule has 0 aliphatic carbocycles. The molecule has 1 fully saturated rings. The maximum Gasteiger partial charge on any atom is 0.410 e. The number of hydrogen-bond acceptors (Lipinski definition) is 8. The smallest absolute Gasteiger partial charge is 0.410 e. The van der Waals surface area contributed by atoms with Crippen molar-refractivity contribution in [2.75, 3.05) is 49.4 Å². The molecule has 2 aromatic carbocycles. The zero-order chi connectivity index (χ0) is 26.5. The van der Waals surface area contributed by atoms with Crippen LogP contribution in [0.4, 0.5) is 27.5 Å². The van der Waals surface area contributed by atoms with Crippen molar-refractivity contribution in [3.8, 4) is 0 Å². The average molecular weight is 499 g/mol. The van der Waals surface area contributed by atoms with Gasteiger partial charge in [0.15, 0.2) is 0 Å². The summed E-state index contributed by atoms with van der Waals surface area (Å²) >= 11 is 0. The predicted octanol–water partition coefficient (Wildman–Crippen LogP) is 4.65. The predicted molar refractivity (Wildman–Crippen MR) is 142 cm³/mol. The number of ether oxygens (including phenoxy) is 3. The summed E-state index contributed by atoms with van der Waals surface area (Å²) in [4.78, 5) is 29.0. The fourth-order valence-electron chi connectivity index (χ4n) is 4.25. The molecule has 3 N–H and O–H groups in total. The van der Waals surface area contributed by atoms with Crippen LogP contribution in [0, 0.1) is 0 Å². The topological polar surface area (TPSA) is 106 Å². The fraction of sp³-hybridized carbons (Fsp3) is 0.481. The number of anilines is 4. The van der Waals surface area contributed by atoms with Gasteiger partial charge in [0.1, 0.15) is 12.2 Å². The number of rotatable bonds is 7. The van der Waals surface area contributed by atoms with Gasteiger partial charge in [0.2, 0.25) is 0 Å².